The summed E-state index contributed by atoms with van der Waals surface area (Å²) < 4.78 is 29.7. The first-order chi connectivity index (χ1) is 6.60. The van der Waals surface area contributed by atoms with Gasteiger partial charge in [-0.1, -0.05) is 15.9 Å². The van der Waals surface area contributed by atoms with Gasteiger partial charge in [0.15, 0.2) is 0 Å². The predicted octanol–water partition coefficient (Wildman–Crippen LogP) is 3.23. The Labute approximate surface area is 89.4 Å². The number of aromatic nitrogens is 1. The molecule has 5 heteroatoms. The van der Waals surface area contributed by atoms with Crippen LogP contribution < -0.4 is 4.74 Å². The molecule has 1 heterocycles. The summed E-state index contributed by atoms with van der Waals surface area (Å²) in [4.78, 5) is 3.72. The van der Waals surface area contributed by atoms with Crippen LogP contribution in [0, 0.1) is 6.92 Å². The fourth-order valence-corrected chi connectivity index (χ4v) is 1.82. The summed E-state index contributed by atoms with van der Waals surface area (Å²) in [5.41, 5.74) is 1.31. The van der Waals surface area contributed by atoms with E-state index in [2.05, 4.69) is 20.9 Å². The van der Waals surface area contributed by atoms with Crippen LogP contribution in [0.1, 0.15) is 23.2 Å². The Kier molecular flexibility index (Phi) is 3.80. The number of ether oxygens (including phenoxy) is 1. The lowest BCUT2D eigenvalue weighted by Crippen LogP contribution is -2.00. The zero-order chi connectivity index (χ0) is 10.7. The van der Waals surface area contributed by atoms with E-state index in [1.54, 1.807) is 6.92 Å². The van der Waals surface area contributed by atoms with E-state index < -0.39 is 6.43 Å². The number of aryl methyl sites for hydroxylation is 1. The highest BCUT2D eigenvalue weighted by Gasteiger charge is 2.15. The second-order valence-corrected chi connectivity index (χ2v) is 3.35. The Bertz CT molecular complexity index is 331. The van der Waals surface area contributed by atoms with Crippen molar-refractivity contribution >= 4 is 15.9 Å². The molecule has 0 atom stereocenters. The highest BCUT2D eigenvalue weighted by molar-refractivity contribution is 9.08. The molecular weight excluding hydrogens is 256 g/mol. The van der Waals surface area contributed by atoms with Crippen molar-refractivity contribution in [1.29, 1.82) is 0 Å². The maximum Gasteiger partial charge on any atom is 0.280 e. The van der Waals surface area contributed by atoms with Crippen LogP contribution in [0.3, 0.4) is 0 Å². The van der Waals surface area contributed by atoms with Crippen molar-refractivity contribution in [2.45, 2.75) is 18.7 Å². The van der Waals surface area contributed by atoms with Crippen molar-refractivity contribution in [1.82, 2.24) is 4.98 Å². The first kappa shape index (κ1) is 11.4. The van der Waals surface area contributed by atoms with Gasteiger partial charge in [-0.15, -0.1) is 0 Å². The standard InChI is InChI=1S/C9H10BrF2NO/c1-5-3-7(8(11)12)13-9(14-2)6(5)4-10/h3,8H,4H2,1-2H3. The van der Waals surface area contributed by atoms with Gasteiger partial charge in [-0.2, -0.15) is 0 Å². The van der Waals surface area contributed by atoms with E-state index in [9.17, 15) is 8.78 Å². The van der Waals surface area contributed by atoms with Gasteiger partial charge in [0.2, 0.25) is 5.88 Å². The Hall–Kier alpha value is -0.710. The lowest BCUT2D eigenvalue weighted by molar-refractivity contribution is 0.145. The second kappa shape index (κ2) is 4.68. The molecule has 1 aromatic rings. The molecule has 0 radical (unpaired) electrons. The van der Waals surface area contributed by atoms with Crippen molar-refractivity contribution in [3.05, 3.63) is 22.9 Å². The predicted molar refractivity (Wildman–Crippen MR) is 53.1 cm³/mol. The molecule has 0 saturated heterocycles. The van der Waals surface area contributed by atoms with Crippen molar-refractivity contribution < 1.29 is 13.5 Å². The van der Waals surface area contributed by atoms with Crippen LogP contribution in [-0.4, -0.2) is 12.1 Å². The Morgan fingerprint density at radius 1 is 1.57 bits per heavy atom. The van der Waals surface area contributed by atoms with Crippen LogP contribution in [0.5, 0.6) is 5.88 Å². The van der Waals surface area contributed by atoms with Gasteiger partial charge in [0.25, 0.3) is 6.43 Å². The number of alkyl halides is 3. The molecule has 0 fully saturated rings. The number of nitrogens with zero attached hydrogens (tertiary/aromatic N) is 1. The van der Waals surface area contributed by atoms with Crippen LogP contribution in [0.15, 0.2) is 6.07 Å². The molecule has 1 rings (SSSR count). The van der Waals surface area contributed by atoms with Gasteiger partial charge in [0.1, 0.15) is 5.69 Å². The second-order valence-electron chi connectivity index (χ2n) is 2.79. The SMILES string of the molecule is COc1nc(C(F)F)cc(C)c1CBr. The normalized spacial score (nSPS) is 10.7. The zero-order valence-electron chi connectivity index (χ0n) is 7.85. The van der Waals surface area contributed by atoms with Gasteiger partial charge < -0.3 is 4.74 Å². The van der Waals surface area contributed by atoms with Crippen LogP contribution in [0.4, 0.5) is 8.78 Å². The third-order valence-corrected chi connectivity index (χ3v) is 2.44. The Balaban J connectivity index is 3.24. The Morgan fingerprint density at radius 2 is 2.21 bits per heavy atom. The van der Waals surface area contributed by atoms with Crippen molar-refractivity contribution in [2.24, 2.45) is 0 Å². The average molecular weight is 266 g/mol. The van der Waals surface area contributed by atoms with Gasteiger partial charge in [0, 0.05) is 10.9 Å². The number of methoxy groups -OCH3 is 1. The van der Waals surface area contributed by atoms with Crippen molar-refractivity contribution in [3.63, 3.8) is 0 Å². The van der Waals surface area contributed by atoms with E-state index >= 15 is 0 Å². The topological polar surface area (TPSA) is 22.1 Å². The van der Waals surface area contributed by atoms with E-state index in [0.717, 1.165) is 11.1 Å². The molecule has 0 amide bonds. The molecule has 1 aromatic heterocycles. The minimum atomic E-state index is -2.56. The molecule has 2 nitrogen and oxygen atoms in total. The summed E-state index contributed by atoms with van der Waals surface area (Å²) in [6.07, 6.45) is -2.56. The van der Waals surface area contributed by atoms with Gasteiger partial charge in [0.05, 0.1) is 7.11 Å². The summed E-state index contributed by atoms with van der Waals surface area (Å²) in [6.45, 7) is 1.76. The molecule has 0 aliphatic carbocycles. The molecule has 0 spiro atoms. The number of hydrogen-bond donors (Lipinski definition) is 0. The third kappa shape index (κ3) is 2.20. The van der Waals surface area contributed by atoms with Gasteiger partial charge in [-0.05, 0) is 18.6 Å². The molecule has 78 valence electrons. The molecule has 0 saturated carbocycles. The molecule has 0 unspecified atom stereocenters. The number of hydrogen-bond acceptors (Lipinski definition) is 2. The zero-order valence-corrected chi connectivity index (χ0v) is 9.44. The smallest absolute Gasteiger partial charge is 0.280 e. The minimum absolute atomic E-state index is 0.246. The fraction of sp³-hybridized carbons (Fsp3) is 0.444. The molecule has 0 N–H and O–H groups in total. The monoisotopic (exact) mass is 265 g/mol. The van der Waals surface area contributed by atoms with Crippen LogP contribution in [0.2, 0.25) is 0 Å². The van der Waals surface area contributed by atoms with E-state index in [1.165, 1.54) is 13.2 Å². The lowest BCUT2D eigenvalue weighted by Gasteiger charge is -2.10. The number of halogens is 3. The van der Waals surface area contributed by atoms with E-state index in [4.69, 9.17) is 4.74 Å². The third-order valence-electron chi connectivity index (χ3n) is 1.88. The molecular formula is C9H10BrF2NO. The molecule has 0 bridgehead atoms. The summed E-state index contributed by atoms with van der Waals surface area (Å²) in [6, 6.07) is 1.38. The highest BCUT2D eigenvalue weighted by Crippen LogP contribution is 2.27. The van der Waals surface area contributed by atoms with E-state index in [-0.39, 0.29) is 11.6 Å². The quantitative estimate of drug-likeness (QED) is 0.783. The number of pyridine rings is 1. The summed E-state index contributed by atoms with van der Waals surface area (Å²) >= 11 is 3.25. The molecule has 0 aliphatic heterocycles. The molecule has 0 aliphatic rings. The van der Waals surface area contributed by atoms with E-state index in [1.807, 2.05) is 0 Å². The van der Waals surface area contributed by atoms with Crippen LogP contribution in [0.25, 0.3) is 0 Å². The minimum Gasteiger partial charge on any atom is -0.481 e. The van der Waals surface area contributed by atoms with Crippen molar-refractivity contribution in [2.75, 3.05) is 7.11 Å². The van der Waals surface area contributed by atoms with E-state index in [0.29, 0.717) is 5.33 Å². The Morgan fingerprint density at radius 3 is 2.64 bits per heavy atom. The first-order valence-corrected chi connectivity index (χ1v) is 5.10. The van der Waals surface area contributed by atoms with Gasteiger partial charge >= 0.3 is 0 Å². The van der Waals surface area contributed by atoms with Crippen LogP contribution >= 0.6 is 15.9 Å². The largest absolute Gasteiger partial charge is 0.481 e. The summed E-state index contributed by atoms with van der Waals surface area (Å²) in [7, 11) is 1.42. The molecule has 14 heavy (non-hydrogen) atoms. The van der Waals surface area contributed by atoms with Crippen molar-refractivity contribution in [3.8, 4) is 5.88 Å². The molecule has 0 aromatic carbocycles. The van der Waals surface area contributed by atoms with Crippen LogP contribution in [-0.2, 0) is 5.33 Å². The van der Waals surface area contributed by atoms with Gasteiger partial charge in [-0.3, -0.25) is 0 Å². The number of rotatable bonds is 3. The summed E-state index contributed by atoms with van der Waals surface area (Å²) in [5.74, 6) is 0.261. The fourth-order valence-electron chi connectivity index (χ4n) is 1.14. The highest BCUT2D eigenvalue weighted by atomic mass is 79.9. The lowest BCUT2D eigenvalue weighted by atomic mass is 10.1. The summed E-state index contributed by atoms with van der Waals surface area (Å²) in [5, 5.41) is 0.540. The maximum absolute atomic E-state index is 12.4. The van der Waals surface area contributed by atoms with Gasteiger partial charge in [-0.25, -0.2) is 13.8 Å². The maximum atomic E-state index is 12.4. The average Bonchev–Trinajstić information content (AvgIpc) is 2.16. The first-order valence-electron chi connectivity index (χ1n) is 3.98.